The maximum atomic E-state index is 13.8. The van der Waals surface area contributed by atoms with Crippen LogP contribution in [0.1, 0.15) is 20.7 Å². The average molecular weight is 274 g/mol. The van der Waals surface area contributed by atoms with Crippen molar-refractivity contribution < 1.29 is 23.8 Å². The number of carbonyl (C=O) groups excluding carboxylic acids is 1. The molecule has 0 unspecified atom stereocenters. The molecule has 0 radical (unpaired) electrons. The number of halogens is 1. The summed E-state index contributed by atoms with van der Waals surface area (Å²) in [5, 5.41) is 8.81. The van der Waals surface area contributed by atoms with E-state index in [1.54, 1.807) is 0 Å². The molecule has 4 nitrogen and oxygen atoms in total. The molecule has 0 heterocycles. The Labute approximate surface area is 114 Å². The van der Waals surface area contributed by atoms with Crippen molar-refractivity contribution in [1.29, 1.82) is 0 Å². The minimum absolute atomic E-state index is 0.110. The van der Waals surface area contributed by atoms with Gasteiger partial charge in [0.1, 0.15) is 5.82 Å². The molecule has 0 aromatic heterocycles. The predicted octanol–water partition coefficient (Wildman–Crippen LogP) is 2.98. The molecule has 0 saturated heterocycles. The van der Waals surface area contributed by atoms with Crippen LogP contribution in [0.4, 0.5) is 4.39 Å². The summed E-state index contributed by atoms with van der Waals surface area (Å²) in [6, 6.07) is 9.61. The van der Waals surface area contributed by atoms with E-state index in [0.29, 0.717) is 5.56 Å². The van der Waals surface area contributed by atoms with Gasteiger partial charge < -0.3 is 9.84 Å². The first-order valence-electron chi connectivity index (χ1n) is 5.74. The topological polar surface area (TPSA) is 63.6 Å². The lowest BCUT2D eigenvalue weighted by atomic mass is 10.0. The summed E-state index contributed by atoms with van der Waals surface area (Å²) in [5.41, 5.74) is 1.03. The fraction of sp³-hybridized carbons (Fsp3) is 0.0667. The zero-order valence-electron chi connectivity index (χ0n) is 10.6. The highest BCUT2D eigenvalue weighted by Gasteiger charge is 2.12. The van der Waals surface area contributed by atoms with Crippen molar-refractivity contribution >= 4 is 11.9 Å². The van der Waals surface area contributed by atoms with Gasteiger partial charge in [0, 0.05) is 5.56 Å². The summed E-state index contributed by atoms with van der Waals surface area (Å²) in [5.74, 6) is -2.12. The molecule has 5 heteroatoms. The summed E-state index contributed by atoms with van der Waals surface area (Å²) in [6.07, 6.45) is 0. The first-order valence-corrected chi connectivity index (χ1v) is 5.74. The zero-order valence-corrected chi connectivity index (χ0v) is 10.6. The van der Waals surface area contributed by atoms with Crippen LogP contribution in [0, 0.1) is 5.82 Å². The van der Waals surface area contributed by atoms with Crippen molar-refractivity contribution in [3.05, 3.63) is 59.4 Å². The van der Waals surface area contributed by atoms with E-state index in [0.717, 1.165) is 0 Å². The molecule has 2 aromatic rings. The van der Waals surface area contributed by atoms with Gasteiger partial charge in [0.2, 0.25) is 0 Å². The van der Waals surface area contributed by atoms with Crippen LogP contribution in [-0.4, -0.2) is 24.2 Å². The lowest BCUT2D eigenvalue weighted by molar-refractivity contribution is 0.0600. The number of aromatic carboxylic acids is 1. The number of carbonyl (C=O) groups is 2. The quantitative estimate of drug-likeness (QED) is 0.874. The Kier molecular flexibility index (Phi) is 3.79. The average Bonchev–Trinajstić information content (AvgIpc) is 2.47. The predicted molar refractivity (Wildman–Crippen MR) is 70.1 cm³/mol. The third kappa shape index (κ3) is 2.66. The van der Waals surface area contributed by atoms with Crippen molar-refractivity contribution in [2.75, 3.05) is 7.11 Å². The standard InChI is InChI=1S/C15H11FO4/c1-20-15(19)11-6-7-13(16)12(8-11)9-2-4-10(5-3-9)14(17)18/h2-8H,1H3,(H,17,18). The minimum atomic E-state index is -1.06. The molecule has 0 fully saturated rings. The SMILES string of the molecule is COC(=O)c1ccc(F)c(-c2ccc(C(=O)O)cc2)c1. The number of benzene rings is 2. The molecule has 0 aliphatic carbocycles. The largest absolute Gasteiger partial charge is 0.478 e. The van der Waals surface area contributed by atoms with Crippen LogP contribution in [0.15, 0.2) is 42.5 Å². The number of hydrogen-bond acceptors (Lipinski definition) is 3. The Morgan fingerprint density at radius 3 is 2.20 bits per heavy atom. The van der Waals surface area contributed by atoms with Crippen LogP contribution in [0.2, 0.25) is 0 Å². The van der Waals surface area contributed by atoms with E-state index in [9.17, 15) is 14.0 Å². The van der Waals surface area contributed by atoms with Gasteiger partial charge in [0.25, 0.3) is 0 Å². The van der Waals surface area contributed by atoms with Gasteiger partial charge in [-0.1, -0.05) is 12.1 Å². The third-order valence-corrected chi connectivity index (χ3v) is 2.83. The minimum Gasteiger partial charge on any atom is -0.478 e. The molecule has 20 heavy (non-hydrogen) atoms. The Morgan fingerprint density at radius 2 is 1.65 bits per heavy atom. The molecule has 0 aliphatic rings. The molecule has 0 bridgehead atoms. The molecule has 0 atom stereocenters. The molecule has 2 rings (SSSR count). The number of ether oxygens (including phenoxy) is 1. The highest BCUT2D eigenvalue weighted by atomic mass is 19.1. The second kappa shape index (κ2) is 5.52. The summed E-state index contributed by atoms with van der Waals surface area (Å²) in [7, 11) is 1.24. The number of carboxylic acid groups (broad SMARTS) is 1. The Morgan fingerprint density at radius 1 is 1.05 bits per heavy atom. The monoisotopic (exact) mass is 274 g/mol. The molecule has 0 aliphatic heterocycles. The molecule has 2 aromatic carbocycles. The number of hydrogen-bond donors (Lipinski definition) is 1. The summed E-state index contributed by atoms with van der Waals surface area (Å²) >= 11 is 0. The second-order valence-corrected chi connectivity index (χ2v) is 4.07. The number of methoxy groups -OCH3 is 1. The van der Waals surface area contributed by atoms with Gasteiger partial charge in [-0.25, -0.2) is 14.0 Å². The van der Waals surface area contributed by atoms with E-state index in [4.69, 9.17) is 5.11 Å². The Balaban J connectivity index is 2.45. The van der Waals surface area contributed by atoms with Gasteiger partial charge in [0.15, 0.2) is 0 Å². The van der Waals surface area contributed by atoms with Gasteiger partial charge in [-0.2, -0.15) is 0 Å². The molecular formula is C15H11FO4. The highest BCUT2D eigenvalue weighted by Crippen LogP contribution is 2.24. The highest BCUT2D eigenvalue weighted by molar-refractivity contribution is 5.91. The summed E-state index contributed by atoms with van der Waals surface area (Å²) in [4.78, 5) is 22.2. The van der Waals surface area contributed by atoms with Gasteiger partial charge in [-0.15, -0.1) is 0 Å². The van der Waals surface area contributed by atoms with E-state index >= 15 is 0 Å². The van der Waals surface area contributed by atoms with E-state index in [-0.39, 0.29) is 16.7 Å². The van der Waals surface area contributed by atoms with Crippen molar-refractivity contribution in [2.24, 2.45) is 0 Å². The lowest BCUT2D eigenvalue weighted by Crippen LogP contribution is -2.02. The zero-order chi connectivity index (χ0) is 14.7. The van der Waals surface area contributed by atoms with Gasteiger partial charge in [0.05, 0.1) is 18.2 Å². The fourth-order valence-corrected chi connectivity index (χ4v) is 1.78. The van der Waals surface area contributed by atoms with E-state index in [2.05, 4.69) is 4.74 Å². The van der Waals surface area contributed by atoms with Crippen LogP contribution < -0.4 is 0 Å². The first-order chi connectivity index (χ1) is 9.52. The number of esters is 1. The Hall–Kier alpha value is -2.69. The Bertz CT molecular complexity index is 662. The van der Waals surface area contributed by atoms with Gasteiger partial charge in [-0.3, -0.25) is 0 Å². The summed E-state index contributed by atoms with van der Waals surface area (Å²) < 4.78 is 18.4. The van der Waals surface area contributed by atoms with Crippen molar-refractivity contribution in [3.8, 4) is 11.1 Å². The third-order valence-electron chi connectivity index (χ3n) is 2.83. The normalized spacial score (nSPS) is 10.1. The molecule has 0 amide bonds. The van der Waals surface area contributed by atoms with Crippen LogP contribution >= 0.6 is 0 Å². The first kappa shape index (κ1) is 13.7. The van der Waals surface area contributed by atoms with Crippen LogP contribution in [0.25, 0.3) is 11.1 Å². The fourth-order valence-electron chi connectivity index (χ4n) is 1.78. The van der Waals surface area contributed by atoms with Crippen LogP contribution in [-0.2, 0) is 4.74 Å². The lowest BCUT2D eigenvalue weighted by Gasteiger charge is -2.06. The smallest absolute Gasteiger partial charge is 0.337 e. The van der Waals surface area contributed by atoms with E-state index in [1.165, 1.54) is 49.6 Å². The number of carboxylic acids is 1. The molecule has 0 saturated carbocycles. The summed E-state index contributed by atoms with van der Waals surface area (Å²) in [6.45, 7) is 0. The van der Waals surface area contributed by atoms with Crippen molar-refractivity contribution in [3.63, 3.8) is 0 Å². The maximum Gasteiger partial charge on any atom is 0.337 e. The maximum absolute atomic E-state index is 13.8. The van der Waals surface area contributed by atoms with Crippen molar-refractivity contribution in [1.82, 2.24) is 0 Å². The second-order valence-electron chi connectivity index (χ2n) is 4.07. The van der Waals surface area contributed by atoms with Crippen LogP contribution in [0.3, 0.4) is 0 Å². The molecule has 102 valence electrons. The molecular weight excluding hydrogens is 263 g/mol. The molecule has 1 N–H and O–H groups in total. The number of rotatable bonds is 3. The van der Waals surface area contributed by atoms with Gasteiger partial charge >= 0.3 is 11.9 Å². The van der Waals surface area contributed by atoms with E-state index < -0.39 is 17.8 Å². The van der Waals surface area contributed by atoms with Crippen LogP contribution in [0.5, 0.6) is 0 Å². The van der Waals surface area contributed by atoms with Gasteiger partial charge in [-0.05, 0) is 35.9 Å². The molecule has 0 spiro atoms. The van der Waals surface area contributed by atoms with E-state index in [1.807, 2.05) is 0 Å². The van der Waals surface area contributed by atoms with Crippen molar-refractivity contribution in [2.45, 2.75) is 0 Å².